The van der Waals surface area contributed by atoms with Gasteiger partial charge in [0.05, 0.1) is 70.9 Å². The first-order valence-corrected chi connectivity index (χ1v) is 19.3. The van der Waals surface area contributed by atoms with Gasteiger partial charge in [-0.1, -0.05) is 72.3 Å². The van der Waals surface area contributed by atoms with Gasteiger partial charge in [0, 0.05) is 53.8 Å². The van der Waals surface area contributed by atoms with Crippen LogP contribution in [0.25, 0.3) is 44.3 Å². The van der Waals surface area contributed by atoms with E-state index in [9.17, 15) is 8.78 Å². The van der Waals surface area contributed by atoms with E-state index in [1.807, 2.05) is 62.4 Å². The van der Waals surface area contributed by atoms with Crippen LogP contribution in [0.4, 0.5) is 31.5 Å². The fourth-order valence-corrected chi connectivity index (χ4v) is 7.67. The number of aromatic nitrogens is 2. The molecule has 4 heterocycles. The minimum absolute atomic E-state index is 0.275. The smallest absolute Gasteiger partial charge is 0.132 e. The highest BCUT2D eigenvalue weighted by atomic mass is 35.5. The first kappa shape index (κ1) is 37.3. The molecule has 0 radical (unpaired) electrons. The van der Waals surface area contributed by atoms with Gasteiger partial charge in [-0.15, -0.1) is 0 Å². The van der Waals surface area contributed by atoms with Crippen LogP contribution in [0.15, 0.2) is 115 Å². The normalized spacial score (nSPS) is 14.4. The number of nitrogens with zero attached hydrogens (tertiary/aromatic N) is 4. The predicted octanol–water partition coefficient (Wildman–Crippen LogP) is 10.8. The second-order valence-electron chi connectivity index (χ2n) is 13.9. The number of nitrogens with one attached hydrogen (secondary N) is 1. The summed E-state index contributed by atoms with van der Waals surface area (Å²) in [6, 6.07) is 35.7. The number of pyridine rings is 2. The molecule has 2 fully saturated rings. The second kappa shape index (κ2) is 16.6. The summed E-state index contributed by atoms with van der Waals surface area (Å²) in [5, 5.41) is 6.31. The van der Waals surface area contributed by atoms with Crippen molar-refractivity contribution in [2.45, 2.75) is 13.8 Å². The molecule has 0 unspecified atom stereocenters. The zero-order valence-corrected chi connectivity index (χ0v) is 32.1. The summed E-state index contributed by atoms with van der Waals surface area (Å²) in [7, 11) is 0. The van der Waals surface area contributed by atoms with Gasteiger partial charge in [-0.25, -0.2) is 18.7 Å². The van der Waals surface area contributed by atoms with Gasteiger partial charge in [-0.05, 0) is 79.6 Å². The van der Waals surface area contributed by atoms with E-state index < -0.39 is 0 Å². The average Bonchev–Trinajstić information content (AvgIpc) is 3.24. The van der Waals surface area contributed by atoms with Gasteiger partial charge in [-0.3, -0.25) is 0 Å². The first-order valence-electron chi connectivity index (χ1n) is 18.9. The summed E-state index contributed by atoms with van der Waals surface area (Å²) < 4.78 is 40.0. The van der Waals surface area contributed by atoms with E-state index in [0.29, 0.717) is 40.8 Å². The molecule has 2 saturated heterocycles. The van der Waals surface area contributed by atoms with Gasteiger partial charge in [-0.2, -0.15) is 0 Å². The molecular weight excluding hydrogens is 728 g/mol. The van der Waals surface area contributed by atoms with Crippen LogP contribution in [0.1, 0.15) is 11.1 Å². The van der Waals surface area contributed by atoms with E-state index in [1.54, 1.807) is 30.3 Å². The summed E-state index contributed by atoms with van der Waals surface area (Å²) in [6.45, 7) is 10.2. The Bertz CT molecular complexity index is 2520. The zero-order chi connectivity index (χ0) is 38.6. The number of fused-ring (bicyclic) bond motifs is 2. The SMILES string of the molecule is Cc1c(-c2ccccc2F)nc2ccccc2c1Cl.Cc1c(-c2ccccc2F)nc2ccccc2c1Nc1cc(N2CCOCC2)ccc1N1CCOCC1. The molecule has 9 rings (SSSR count). The number of rotatable bonds is 6. The maximum atomic E-state index is 14.9. The van der Waals surface area contributed by atoms with Crippen molar-refractivity contribution < 1.29 is 18.3 Å². The van der Waals surface area contributed by atoms with Gasteiger partial charge in [0.15, 0.2) is 0 Å². The first-order chi connectivity index (χ1) is 27.4. The van der Waals surface area contributed by atoms with Crippen LogP contribution in [-0.2, 0) is 9.47 Å². The minimum Gasteiger partial charge on any atom is -0.378 e. The van der Waals surface area contributed by atoms with Crippen molar-refractivity contribution in [1.82, 2.24) is 9.97 Å². The van der Waals surface area contributed by atoms with Crippen LogP contribution in [0.2, 0.25) is 5.02 Å². The van der Waals surface area contributed by atoms with Gasteiger partial charge < -0.3 is 24.6 Å². The number of benzene rings is 5. The van der Waals surface area contributed by atoms with Crippen molar-refractivity contribution >= 4 is 56.2 Å². The second-order valence-corrected chi connectivity index (χ2v) is 14.3. The Hall–Kier alpha value is -5.61. The van der Waals surface area contributed by atoms with Crippen LogP contribution in [0.5, 0.6) is 0 Å². The topological polar surface area (TPSA) is 62.8 Å². The van der Waals surface area contributed by atoms with Crippen LogP contribution in [0.3, 0.4) is 0 Å². The molecule has 0 aliphatic carbocycles. The zero-order valence-electron chi connectivity index (χ0n) is 31.4. The molecule has 10 heteroatoms. The lowest BCUT2D eigenvalue weighted by Gasteiger charge is -2.33. The molecule has 0 atom stereocenters. The van der Waals surface area contributed by atoms with Crippen molar-refractivity contribution in [3.8, 4) is 22.5 Å². The molecule has 2 aliphatic rings. The molecule has 7 aromatic rings. The lowest BCUT2D eigenvalue weighted by Crippen LogP contribution is -2.37. The third-order valence-corrected chi connectivity index (χ3v) is 10.9. The number of hydrogen-bond donors (Lipinski definition) is 1. The summed E-state index contributed by atoms with van der Waals surface area (Å²) in [5.74, 6) is -0.563. The van der Waals surface area contributed by atoms with E-state index in [0.717, 1.165) is 95.1 Å². The lowest BCUT2D eigenvalue weighted by atomic mass is 10.0. The monoisotopic (exact) mass is 769 g/mol. The van der Waals surface area contributed by atoms with Crippen molar-refractivity contribution in [3.63, 3.8) is 0 Å². The van der Waals surface area contributed by atoms with E-state index in [2.05, 4.69) is 44.4 Å². The molecule has 56 heavy (non-hydrogen) atoms. The summed E-state index contributed by atoms with van der Waals surface area (Å²) in [6.07, 6.45) is 0. The van der Waals surface area contributed by atoms with Gasteiger partial charge in [0.25, 0.3) is 0 Å². The number of ether oxygens (including phenoxy) is 2. The van der Waals surface area contributed by atoms with Gasteiger partial charge >= 0.3 is 0 Å². The Morgan fingerprint density at radius 3 is 1.70 bits per heavy atom. The van der Waals surface area contributed by atoms with E-state index in [-0.39, 0.29) is 11.6 Å². The van der Waals surface area contributed by atoms with Crippen molar-refractivity contribution in [1.29, 1.82) is 0 Å². The van der Waals surface area contributed by atoms with Gasteiger partial charge in [0.2, 0.25) is 0 Å². The maximum Gasteiger partial charge on any atom is 0.132 e. The Morgan fingerprint density at radius 2 is 1.09 bits per heavy atom. The summed E-state index contributed by atoms with van der Waals surface area (Å²) in [5.41, 5.74) is 9.79. The van der Waals surface area contributed by atoms with Crippen molar-refractivity contribution in [2.75, 3.05) is 67.7 Å². The predicted molar refractivity (Wildman–Crippen MR) is 225 cm³/mol. The van der Waals surface area contributed by atoms with E-state index in [4.69, 9.17) is 26.1 Å². The molecule has 5 aromatic carbocycles. The largest absolute Gasteiger partial charge is 0.378 e. The Balaban J connectivity index is 0.000000194. The molecule has 7 nitrogen and oxygen atoms in total. The summed E-state index contributed by atoms with van der Waals surface area (Å²) >= 11 is 6.37. The Kier molecular flexibility index (Phi) is 11.1. The third kappa shape index (κ3) is 7.62. The van der Waals surface area contributed by atoms with Crippen LogP contribution >= 0.6 is 11.6 Å². The molecule has 2 aromatic heterocycles. The van der Waals surface area contributed by atoms with Gasteiger partial charge in [0.1, 0.15) is 11.6 Å². The highest BCUT2D eigenvalue weighted by molar-refractivity contribution is 6.36. The van der Waals surface area contributed by atoms with Crippen molar-refractivity contribution in [2.24, 2.45) is 0 Å². The fraction of sp³-hybridized carbons (Fsp3) is 0.217. The molecule has 0 saturated carbocycles. The minimum atomic E-state index is -0.288. The molecule has 284 valence electrons. The Labute approximate surface area is 330 Å². The maximum absolute atomic E-state index is 14.9. The van der Waals surface area contributed by atoms with Crippen LogP contribution in [-0.4, -0.2) is 62.6 Å². The third-order valence-electron chi connectivity index (χ3n) is 10.4. The quantitative estimate of drug-likeness (QED) is 0.181. The average molecular weight is 770 g/mol. The van der Waals surface area contributed by atoms with E-state index in [1.165, 1.54) is 12.1 Å². The lowest BCUT2D eigenvalue weighted by molar-refractivity contribution is 0.122. The number of halogens is 3. The number of para-hydroxylation sites is 2. The molecule has 0 spiro atoms. The number of morpholine rings is 2. The Morgan fingerprint density at radius 1 is 0.589 bits per heavy atom. The summed E-state index contributed by atoms with van der Waals surface area (Å²) in [4.78, 5) is 14.2. The molecular formula is C46H42ClF2N5O2. The molecule has 0 amide bonds. The van der Waals surface area contributed by atoms with Crippen LogP contribution in [0, 0.1) is 25.5 Å². The van der Waals surface area contributed by atoms with Crippen molar-refractivity contribution in [3.05, 3.63) is 143 Å². The number of anilines is 4. The fourth-order valence-electron chi connectivity index (χ4n) is 7.42. The molecule has 0 bridgehead atoms. The molecule has 2 aliphatic heterocycles. The number of hydrogen-bond acceptors (Lipinski definition) is 7. The molecule has 1 N–H and O–H groups in total. The van der Waals surface area contributed by atoms with E-state index >= 15 is 0 Å². The standard InChI is InChI=1S/C30H31FN4O2.C16H11ClFN/c1-21-29(23-6-2-4-8-25(23)31)32-26-9-5-3-7-24(26)30(21)33-27-20-22(34-12-16-36-17-13-34)10-11-28(27)35-14-18-37-19-15-35;1-10-15(17)12-7-3-5-9-14(12)19-16(10)11-6-2-4-8-13(11)18/h2-11,20H,12-19H2,1H3,(H,32,33);2-9H,1H3. The van der Waals surface area contributed by atoms with Crippen LogP contribution < -0.4 is 15.1 Å². The highest BCUT2D eigenvalue weighted by Crippen LogP contribution is 2.40. The highest BCUT2D eigenvalue weighted by Gasteiger charge is 2.22.